The topological polar surface area (TPSA) is 75.4 Å². The second kappa shape index (κ2) is 4.80. The summed E-state index contributed by atoms with van der Waals surface area (Å²) in [4.78, 5) is 29.6. The van der Waals surface area contributed by atoms with Crippen molar-refractivity contribution >= 4 is 17.5 Å². The first kappa shape index (κ1) is 12.4. The Hall–Kier alpha value is -2.63. The first-order chi connectivity index (χ1) is 9.65. The van der Waals surface area contributed by atoms with E-state index in [1.54, 1.807) is 6.92 Å². The number of anilines is 1. The van der Waals surface area contributed by atoms with Crippen LogP contribution in [0.1, 0.15) is 21.8 Å². The van der Waals surface area contributed by atoms with Gasteiger partial charge in [-0.3, -0.25) is 9.59 Å². The Morgan fingerprint density at radius 3 is 2.90 bits per heavy atom. The number of carbonyl (C=O) groups is 2. The van der Waals surface area contributed by atoms with E-state index in [1.807, 2.05) is 24.3 Å². The molecule has 6 heteroatoms. The average Bonchev–Trinajstić information content (AvgIpc) is 2.77. The second-order valence-electron chi connectivity index (χ2n) is 4.63. The third-order valence-electron chi connectivity index (χ3n) is 3.21. The number of carbonyl (C=O) groups excluding carboxylic acids is 2. The van der Waals surface area contributed by atoms with Gasteiger partial charge in [0.05, 0.1) is 5.69 Å². The largest absolute Gasteiger partial charge is 0.438 e. The van der Waals surface area contributed by atoms with Crippen molar-refractivity contribution in [3.63, 3.8) is 0 Å². The van der Waals surface area contributed by atoms with Crippen molar-refractivity contribution in [2.75, 3.05) is 11.9 Å². The maximum Gasteiger partial charge on any atom is 0.292 e. The fourth-order valence-corrected chi connectivity index (χ4v) is 2.20. The molecule has 1 aliphatic heterocycles. The summed E-state index contributed by atoms with van der Waals surface area (Å²) in [5.74, 6) is -0.371. The number of nitrogens with one attached hydrogen (secondary N) is 1. The number of benzene rings is 1. The zero-order valence-corrected chi connectivity index (χ0v) is 10.9. The molecule has 0 bridgehead atoms. The van der Waals surface area contributed by atoms with Crippen LogP contribution in [-0.2, 0) is 11.3 Å². The number of nitrogens with zero attached hydrogens (tertiary/aromatic N) is 2. The molecule has 1 aliphatic rings. The van der Waals surface area contributed by atoms with Crippen LogP contribution >= 0.6 is 0 Å². The Balaban J connectivity index is 1.93. The van der Waals surface area contributed by atoms with E-state index in [4.69, 9.17) is 4.42 Å². The van der Waals surface area contributed by atoms with Gasteiger partial charge in [-0.2, -0.15) is 0 Å². The van der Waals surface area contributed by atoms with Gasteiger partial charge in [0, 0.05) is 12.2 Å². The third-order valence-corrected chi connectivity index (χ3v) is 3.21. The number of fused-ring (bicyclic) bond motifs is 1. The van der Waals surface area contributed by atoms with Crippen LogP contribution in [0.3, 0.4) is 0 Å². The molecule has 1 aromatic carbocycles. The van der Waals surface area contributed by atoms with Gasteiger partial charge in [-0.1, -0.05) is 18.2 Å². The molecular formula is C14H13N3O3. The molecule has 0 atom stereocenters. The van der Waals surface area contributed by atoms with Gasteiger partial charge >= 0.3 is 0 Å². The highest BCUT2D eigenvalue weighted by Crippen LogP contribution is 2.21. The number of hydrogen-bond acceptors (Lipinski definition) is 4. The molecule has 0 aliphatic carbocycles. The normalized spacial score (nSPS) is 14.4. The molecule has 0 saturated heterocycles. The highest BCUT2D eigenvalue weighted by Gasteiger charge is 2.26. The van der Waals surface area contributed by atoms with Gasteiger partial charge in [-0.05, 0) is 18.6 Å². The molecule has 102 valence electrons. The number of aromatic nitrogens is 1. The number of oxazole rings is 1. The van der Waals surface area contributed by atoms with E-state index in [2.05, 4.69) is 10.3 Å². The molecule has 2 aromatic rings. The smallest absolute Gasteiger partial charge is 0.292 e. The van der Waals surface area contributed by atoms with Gasteiger partial charge in [0.25, 0.3) is 5.91 Å². The SMILES string of the molecule is Cc1ncoc1C(=O)N1CC(=O)Nc2ccccc2C1. The van der Waals surface area contributed by atoms with Gasteiger partial charge in [0.15, 0.2) is 6.39 Å². The molecule has 0 unspecified atom stereocenters. The van der Waals surface area contributed by atoms with Crippen molar-refractivity contribution in [3.8, 4) is 0 Å². The molecule has 2 amide bonds. The molecule has 1 aromatic heterocycles. The van der Waals surface area contributed by atoms with Crippen molar-refractivity contribution < 1.29 is 14.0 Å². The van der Waals surface area contributed by atoms with Crippen molar-refractivity contribution in [3.05, 3.63) is 47.7 Å². The summed E-state index contributed by atoms with van der Waals surface area (Å²) in [5.41, 5.74) is 2.15. The van der Waals surface area contributed by atoms with Crippen LogP contribution in [0.5, 0.6) is 0 Å². The monoisotopic (exact) mass is 271 g/mol. The van der Waals surface area contributed by atoms with E-state index in [1.165, 1.54) is 11.3 Å². The molecule has 0 radical (unpaired) electrons. The van der Waals surface area contributed by atoms with Crippen molar-refractivity contribution in [2.24, 2.45) is 0 Å². The zero-order chi connectivity index (χ0) is 14.1. The summed E-state index contributed by atoms with van der Waals surface area (Å²) in [7, 11) is 0. The first-order valence-corrected chi connectivity index (χ1v) is 6.22. The summed E-state index contributed by atoms with van der Waals surface area (Å²) in [5, 5.41) is 2.79. The minimum absolute atomic E-state index is 0.00630. The maximum atomic E-state index is 12.4. The third kappa shape index (κ3) is 2.16. The van der Waals surface area contributed by atoms with Gasteiger partial charge in [0.2, 0.25) is 11.7 Å². The number of aryl methyl sites for hydroxylation is 1. The number of hydrogen-bond donors (Lipinski definition) is 1. The fourth-order valence-electron chi connectivity index (χ4n) is 2.20. The number of amides is 2. The number of para-hydroxylation sites is 1. The van der Waals surface area contributed by atoms with Gasteiger partial charge < -0.3 is 14.6 Å². The van der Waals surface area contributed by atoms with Crippen LogP contribution in [0.15, 0.2) is 35.1 Å². The highest BCUT2D eigenvalue weighted by molar-refractivity contribution is 5.99. The Morgan fingerprint density at radius 2 is 2.15 bits per heavy atom. The minimum Gasteiger partial charge on any atom is -0.438 e. The lowest BCUT2D eigenvalue weighted by Gasteiger charge is -2.18. The summed E-state index contributed by atoms with van der Waals surface area (Å²) >= 11 is 0. The highest BCUT2D eigenvalue weighted by atomic mass is 16.3. The van der Waals surface area contributed by atoms with Crippen LogP contribution in [0.2, 0.25) is 0 Å². The molecule has 20 heavy (non-hydrogen) atoms. The average molecular weight is 271 g/mol. The summed E-state index contributed by atoms with van der Waals surface area (Å²) in [6.07, 6.45) is 1.23. The molecule has 0 fully saturated rings. The van der Waals surface area contributed by atoms with Crippen LogP contribution in [0, 0.1) is 6.92 Å². The van der Waals surface area contributed by atoms with Gasteiger partial charge in [-0.15, -0.1) is 0 Å². The Kier molecular flexibility index (Phi) is 2.98. The van der Waals surface area contributed by atoms with E-state index in [0.29, 0.717) is 12.2 Å². The predicted molar refractivity (Wildman–Crippen MR) is 71.1 cm³/mol. The molecule has 6 nitrogen and oxygen atoms in total. The van der Waals surface area contributed by atoms with Crippen molar-refractivity contribution in [1.82, 2.24) is 9.88 Å². The molecule has 1 N–H and O–H groups in total. The minimum atomic E-state index is -0.327. The number of rotatable bonds is 1. The lowest BCUT2D eigenvalue weighted by Crippen LogP contribution is -2.35. The van der Waals surface area contributed by atoms with Crippen LogP contribution in [0.4, 0.5) is 5.69 Å². The molecule has 2 heterocycles. The van der Waals surface area contributed by atoms with Crippen molar-refractivity contribution in [1.29, 1.82) is 0 Å². The van der Waals surface area contributed by atoms with Crippen LogP contribution in [0.25, 0.3) is 0 Å². The predicted octanol–water partition coefficient (Wildman–Crippen LogP) is 1.58. The molecular weight excluding hydrogens is 258 g/mol. The summed E-state index contributed by atoms with van der Waals surface area (Å²) in [6.45, 7) is 2.05. The van der Waals surface area contributed by atoms with Crippen LogP contribution in [-0.4, -0.2) is 28.2 Å². The maximum absolute atomic E-state index is 12.4. The molecule has 0 spiro atoms. The summed E-state index contributed by atoms with van der Waals surface area (Å²) in [6, 6.07) is 7.42. The van der Waals surface area contributed by atoms with Gasteiger partial charge in [-0.25, -0.2) is 4.98 Å². The fraction of sp³-hybridized carbons (Fsp3) is 0.214. The van der Waals surface area contributed by atoms with E-state index >= 15 is 0 Å². The molecule has 3 rings (SSSR count). The first-order valence-electron chi connectivity index (χ1n) is 6.22. The second-order valence-corrected chi connectivity index (χ2v) is 4.63. The Morgan fingerprint density at radius 1 is 1.35 bits per heavy atom. The Labute approximate surface area is 115 Å². The van der Waals surface area contributed by atoms with E-state index in [9.17, 15) is 9.59 Å². The van der Waals surface area contributed by atoms with E-state index in [0.717, 1.165) is 11.3 Å². The lowest BCUT2D eigenvalue weighted by molar-refractivity contribution is -0.116. The van der Waals surface area contributed by atoms with Crippen LogP contribution < -0.4 is 5.32 Å². The Bertz CT molecular complexity index is 678. The quantitative estimate of drug-likeness (QED) is 0.854. The van der Waals surface area contributed by atoms with E-state index < -0.39 is 0 Å². The summed E-state index contributed by atoms with van der Waals surface area (Å²) < 4.78 is 5.11. The van der Waals surface area contributed by atoms with Crippen molar-refractivity contribution in [2.45, 2.75) is 13.5 Å². The molecule has 0 saturated carbocycles. The zero-order valence-electron chi connectivity index (χ0n) is 10.9. The van der Waals surface area contributed by atoms with E-state index in [-0.39, 0.29) is 24.1 Å². The standard InChI is InChI=1S/C14H13N3O3/c1-9-13(20-8-15-9)14(19)17-6-10-4-2-3-5-11(10)16-12(18)7-17/h2-5,8H,6-7H2,1H3,(H,16,18). The van der Waals surface area contributed by atoms with Gasteiger partial charge in [0.1, 0.15) is 6.54 Å². The lowest BCUT2D eigenvalue weighted by atomic mass is 10.1.